The summed E-state index contributed by atoms with van der Waals surface area (Å²) in [6.07, 6.45) is 1.19. The van der Waals surface area contributed by atoms with Crippen LogP contribution in [0.4, 0.5) is 0 Å². The van der Waals surface area contributed by atoms with E-state index in [1.807, 2.05) is 12.1 Å². The summed E-state index contributed by atoms with van der Waals surface area (Å²) in [4.78, 5) is 0. The number of benzene rings is 1. The second kappa shape index (κ2) is 6.91. The van der Waals surface area contributed by atoms with Crippen LogP contribution in [0.3, 0.4) is 0 Å². The third kappa shape index (κ3) is 3.61. The normalized spacial score (nSPS) is 25.9. The van der Waals surface area contributed by atoms with Gasteiger partial charge in [-0.2, -0.15) is 0 Å². The van der Waals surface area contributed by atoms with Gasteiger partial charge < -0.3 is 15.5 Å². The molecule has 1 heterocycles. The van der Waals surface area contributed by atoms with Crippen molar-refractivity contribution in [1.82, 2.24) is 5.32 Å². The molecule has 3 nitrogen and oxygen atoms in total. The smallest absolute Gasteiger partial charge is 0.0805 e. The molecule has 3 N–H and O–H groups in total. The number of hydrogen-bond acceptors (Lipinski definition) is 3. The van der Waals surface area contributed by atoms with Crippen molar-refractivity contribution in [3.8, 4) is 0 Å². The summed E-state index contributed by atoms with van der Waals surface area (Å²) in [5.74, 6) is 0.177. The Labute approximate surface area is 123 Å². The fraction of sp³-hybridized carbons (Fsp3) is 0.571. The van der Waals surface area contributed by atoms with Crippen molar-refractivity contribution in [2.75, 3.05) is 19.7 Å². The maximum Gasteiger partial charge on any atom is 0.0805 e. The lowest BCUT2D eigenvalue weighted by Gasteiger charge is -2.29. The average molecular weight is 304 g/mol. The van der Waals surface area contributed by atoms with Gasteiger partial charge in [-0.3, -0.25) is 0 Å². The van der Waals surface area contributed by atoms with Crippen LogP contribution < -0.4 is 5.32 Å². The Morgan fingerprint density at radius 3 is 2.79 bits per heavy atom. The molecule has 5 heteroatoms. The lowest BCUT2D eigenvalue weighted by molar-refractivity contribution is 0.0348. The number of aliphatic hydroxyl groups is 2. The van der Waals surface area contributed by atoms with Crippen molar-refractivity contribution in [2.24, 2.45) is 5.92 Å². The van der Waals surface area contributed by atoms with Crippen LogP contribution in [0.1, 0.15) is 24.3 Å². The van der Waals surface area contributed by atoms with Crippen molar-refractivity contribution in [3.05, 3.63) is 33.8 Å². The minimum absolute atomic E-state index is 0.0391. The highest BCUT2D eigenvalue weighted by Gasteiger charge is 2.30. The zero-order valence-corrected chi connectivity index (χ0v) is 12.2. The molecule has 1 aliphatic heterocycles. The highest BCUT2D eigenvalue weighted by atomic mass is 35.5. The van der Waals surface area contributed by atoms with Crippen LogP contribution >= 0.6 is 23.2 Å². The molecule has 3 atom stereocenters. The summed E-state index contributed by atoms with van der Waals surface area (Å²) in [6, 6.07) is 5.59. The van der Waals surface area contributed by atoms with Gasteiger partial charge in [0.2, 0.25) is 0 Å². The minimum Gasteiger partial charge on any atom is -0.394 e. The Balaban J connectivity index is 2.28. The van der Waals surface area contributed by atoms with E-state index in [1.165, 1.54) is 0 Å². The van der Waals surface area contributed by atoms with E-state index in [0.717, 1.165) is 31.5 Å². The molecule has 0 radical (unpaired) electrons. The maximum absolute atomic E-state index is 10.0. The van der Waals surface area contributed by atoms with E-state index >= 15 is 0 Å². The van der Waals surface area contributed by atoms with Crippen molar-refractivity contribution in [2.45, 2.75) is 24.9 Å². The number of hydrogen-bond donors (Lipinski definition) is 3. The first kappa shape index (κ1) is 15.1. The number of halogens is 2. The average Bonchev–Trinajstić information content (AvgIpc) is 2.66. The molecule has 1 aromatic rings. The van der Waals surface area contributed by atoms with Crippen LogP contribution in [-0.2, 0) is 0 Å². The van der Waals surface area contributed by atoms with E-state index in [0.29, 0.717) is 10.0 Å². The van der Waals surface area contributed by atoms with Gasteiger partial charge in [-0.15, -0.1) is 0 Å². The molecule has 0 saturated carbocycles. The van der Waals surface area contributed by atoms with Crippen molar-refractivity contribution in [1.29, 1.82) is 0 Å². The van der Waals surface area contributed by atoms with Crippen LogP contribution in [0.2, 0.25) is 10.0 Å². The molecule has 0 bridgehead atoms. The lowest BCUT2D eigenvalue weighted by atomic mass is 9.80. The molecule has 1 aromatic carbocycles. The van der Waals surface area contributed by atoms with Gasteiger partial charge in [0.15, 0.2) is 0 Å². The standard InChI is InChI=1S/C14H19Cl2NO2/c15-12-4-3-9(6-13(12)16)11-7-17-5-1-2-10(11)14(19)8-18/h3-4,6,10-11,14,17-19H,1-2,5,7-8H2/t10-,11-,14-/m1/s1. The third-order valence-corrected chi connectivity index (χ3v) is 4.56. The minimum atomic E-state index is -0.695. The molecule has 19 heavy (non-hydrogen) atoms. The molecule has 0 unspecified atom stereocenters. The predicted molar refractivity (Wildman–Crippen MR) is 77.9 cm³/mol. The molecule has 1 saturated heterocycles. The summed E-state index contributed by atoms with van der Waals surface area (Å²) in [5.41, 5.74) is 1.06. The monoisotopic (exact) mass is 303 g/mol. The van der Waals surface area contributed by atoms with Gasteiger partial charge in [-0.1, -0.05) is 29.3 Å². The molecular formula is C14H19Cl2NO2. The number of nitrogens with one attached hydrogen (secondary N) is 1. The van der Waals surface area contributed by atoms with Crippen LogP contribution in [0.5, 0.6) is 0 Å². The summed E-state index contributed by atoms with van der Waals surface area (Å²) in [5, 5.41) is 23.7. The molecular weight excluding hydrogens is 285 g/mol. The molecule has 1 fully saturated rings. The van der Waals surface area contributed by atoms with E-state index in [-0.39, 0.29) is 18.4 Å². The Bertz CT molecular complexity index is 428. The molecule has 106 valence electrons. The molecule has 0 amide bonds. The maximum atomic E-state index is 10.0. The summed E-state index contributed by atoms with van der Waals surface area (Å²) in [7, 11) is 0. The SMILES string of the molecule is OC[C@@H](O)[C@@H]1CCCNC[C@@H]1c1ccc(Cl)c(Cl)c1. The van der Waals surface area contributed by atoms with Gasteiger partial charge in [0.1, 0.15) is 0 Å². The summed E-state index contributed by atoms with van der Waals surface area (Å²) < 4.78 is 0. The molecule has 1 aliphatic rings. The second-order valence-corrected chi connectivity index (χ2v) is 5.85. The van der Waals surface area contributed by atoms with Crippen LogP contribution in [0.15, 0.2) is 18.2 Å². The Kier molecular flexibility index (Phi) is 5.48. The summed E-state index contributed by atoms with van der Waals surface area (Å²) >= 11 is 12.0. The van der Waals surface area contributed by atoms with Gasteiger partial charge in [-0.05, 0) is 43.0 Å². The molecule has 0 aliphatic carbocycles. The first-order chi connectivity index (χ1) is 9.13. The van der Waals surface area contributed by atoms with Gasteiger partial charge >= 0.3 is 0 Å². The number of aliphatic hydroxyl groups excluding tert-OH is 2. The third-order valence-electron chi connectivity index (χ3n) is 3.83. The first-order valence-corrected chi connectivity index (χ1v) is 7.33. The summed E-state index contributed by atoms with van der Waals surface area (Å²) in [6.45, 7) is 1.51. The van der Waals surface area contributed by atoms with Crippen molar-refractivity contribution in [3.63, 3.8) is 0 Å². The van der Waals surface area contributed by atoms with Crippen molar-refractivity contribution < 1.29 is 10.2 Å². The van der Waals surface area contributed by atoms with E-state index in [9.17, 15) is 10.2 Å². The Morgan fingerprint density at radius 2 is 2.11 bits per heavy atom. The second-order valence-electron chi connectivity index (χ2n) is 5.04. The quantitative estimate of drug-likeness (QED) is 0.804. The van der Waals surface area contributed by atoms with Gasteiger partial charge in [0.05, 0.1) is 22.8 Å². The Morgan fingerprint density at radius 1 is 1.32 bits per heavy atom. The zero-order chi connectivity index (χ0) is 13.8. The molecule has 0 aromatic heterocycles. The largest absolute Gasteiger partial charge is 0.394 e. The predicted octanol–water partition coefficient (Wildman–Crippen LogP) is 2.43. The lowest BCUT2D eigenvalue weighted by Crippen LogP contribution is -2.32. The van der Waals surface area contributed by atoms with Gasteiger partial charge in [0.25, 0.3) is 0 Å². The molecule has 2 rings (SSSR count). The fourth-order valence-corrected chi connectivity index (χ4v) is 3.08. The molecule has 0 spiro atoms. The van der Waals surface area contributed by atoms with Gasteiger partial charge in [0, 0.05) is 12.5 Å². The van der Waals surface area contributed by atoms with Crippen LogP contribution in [0.25, 0.3) is 0 Å². The van der Waals surface area contributed by atoms with Crippen LogP contribution in [0, 0.1) is 5.92 Å². The highest BCUT2D eigenvalue weighted by Crippen LogP contribution is 2.34. The fourth-order valence-electron chi connectivity index (χ4n) is 2.78. The van der Waals surface area contributed by atoms with E-state index in [2.05, 4.69) is 5.32 Å². The van der Waals surface area contributed by atoms with Crippen molar-refractivity contribution >= 4 is 23.2 Å². The number of rotatable bonds is 3. The van der Waals surface area contributed by atoms with E-state index < -0.39 is 6.10 Å². The van der Waals surface area contributed by atoms with Crippen LogP contribution in [-0.4, -0.2) is 36.0 Å². The zero-order valence-electron chi connectivity index (χ0n) is 10.6. The topological polar surface area (TPSA) is 52.5 Å². The van der Waals surface area contributed by atoms with E-state index in [4.69, 9.17) is 23.2 Å². The van der Waals surface area contributed by atoms with Gasteiger partial charge in [-0.25, -0.2) is 0 Å². The Hall–Kier alpha value is -0.320. The first-order valence-electron chi connectivity index (χ1n) is 6.58. The van der Waals surface area contributed by atoms with E-state index in [1.54, 1.807) is 6.07 Å². The highest BCUT2D eigenvalue weighted by molar-refractivity contribution is 6.42.